The molecule has 0 unspecified atom stereocenters. The average Bonchev–Trinajstić information content (AvgIpc) is 2.43. The molecule has 0 spiro atoms. The highest BCUT2D eigenvalue weighted by Crippen LogP contribution is 2.24. The number of carbonyl (C=O) groups is 2. The Balaban J connectivity index is 2.46. The first-order valence-corrected chi connectivity index (χ1v) is 5.64. The van der Waals surface area contributed by atoms with Crippen molar-refractivity contribution in [2.24, 2.45) is 0 Å². The molecular formula is C13H11NO6. The lowest BCUT2D eigenvalue weighted by molar-refractivity contribution is -0.135. The molecule has 0 aliphatic carbocycles. The molecule has 2 N–H and O–H groups in total. The fourth-order valence-electron chi connectivity index (χ4n) is 1.69. The molecule has 2 aromatic rings. The van der Waals surface area contributed by atoms with Crippen LogP contribution in [0, 0.1) is 0 Å². The van der Waals surface area contributed by atoms with Gasteiger partial charge in [0.2, 0.25) is 0 Å². The Bertz CT molecular complexity index is 733. The third kappa shape index (κ3) is 2.61. The van der Waals surface area contributed by atoms with Gasteiger partial charge in [0.25, 0.3) is 5.91 Å². The zero-order chi connectivity index (χ0) is 14.7. The van der Waals surface area contributed by atoms with Crippen molar-refractivity contribution in [3.05, 3.63) is 40.2 Å². The summed E-state index contributed by atoms with van der Waals surface area (Å²) in [6.45, 7) is -0.575. The number of fused-ring (bicyclic) bond motifs is 1. The van der Waals surface area contributed by atoms with E-state index in [4.69, 9.17) is 14.3 Å². The number of hydrogen-bond donors (Lipinski definition) is 2. The van der Waals surface area contributed by atoms with E-state index in [1.807, 2.05) is 0 Å². The number of ether oxygens (including phenoxy) is 1. The molecule has 20 heavy (non-hydrogen) atoms. The van der Waals surface area contributed by atoms with Gasteiger partial charge in [-0.1, -0.05) is 12.1 Å². The summed E-state index contributed by atoms with van der Waals surface area (Å²) in [5.74, 6) is -1.63. The first-order chi connectivity index (χ1) is 9.52. The van der Waals surface area contributed by atoms with E-state index in [9.17, 15) is 14.4 Å². The molecule has 104 valence electrons. The number of nitrogens with one attached hydrogen (secondary N) is 1. The van der Waals surface area contributed by atoms with Gasteiger partial charge in [-0.25, -0.2) is 4.79 Å². The van der Waals surface area contributed by atoms with Gasteiger partial charge in [-0.05, 0) is 12.1 Å². The van der Waals surface area contributed by atoms with E-state index in [1.165, 1.54) is 13.2 Å². The van der Waals surface area contributed by atoms with Crippen LogP contribution in [-0.4, -0.2) is 30.6 Å². The molecule has 0 saturated heterocycles. The van der Waals surface area contributed by atoms with Crippen LogP contribution in [0.5, 0.6) is 5.75 Å². The monoisotopic (exact) mass is 277 g/mol. The van der Waals surface area contributed by atoms with Crippen molar-refractivity contribution in [1.82, 2.24) is 5.32 Å². The van der Waals surface area contributed by atoms with Crippen LogP contribution in [0.3, 0.4) is 0 Å². The van der Waals surface area contributed by atoms with Crippen LogP contribution in [0.4, 0.5) is 0 Å². The first-order valence-electron chi connectivity index (χ1n) is 5.64. The van der Waals surface area contributed by atoms with Gasteiger partial charge in [0.15, 0.2) is 11.3 Å². The number of carboxylic acid groups (broad SMARTS) is 1. The smallest absolute Gasteiger partial charge is 0.349 e. The van der Waals surface area contributed by atoms with Crippen molar-refractivity contribution >= 4 is 22.8 Å². The van der Waals surface area contributed by atoms with E-state index in [2.05, 4.69) is 5.32 Å². The normalized spacial score (nSPS) is 10.2. The molecule has 0 bridgehead atoms. The first kappa shape index (κ1) is 13.6. The molecule has 1 heterocycles. The SMILES string of the molecule is COc1cccc2cc(C(=O)NCC(=O)O)c(=O)oc12. The predicted molar refractivity (Wildman–Crippen MR) is 69.0 cm³/mol. The zero-order valence-corrected chi connectivity index (χ0v) is 10.5. The quantitative estimate of drug-likeness (QED) is 0.793. The van der Waals surface area contributed by atoms with Crippen molar-refractivity contribution in [2.45, 2.75) is 0 Å². The maximum absolute atomic E-state index is 11.8. The highest BCUT2D eigenvalue weighted by Gasteiger charge is 2.15. The minimum absolute atomic E-state index is 0.231. The van der Waals surface area contributed by atoms with E-state index >= 15 is 0 Å². The van der Waals surface area contributed by atoms with E-state index in [0.29, 0.717) is 11.1 Å². The van der Waals surface area contributed by atoms with Gasteiger partial charge in [-0.2, -0.15) is 0 Å². The minimum Gasteiger partial charge on any atom is -0.493 e. The van der Waals surface area contributed by atoms with Gasteiger partial charge in [0, 0.05) is 5.39 Å². The Hall–Kier alpha value is -2.83. The second kappa shape index (κ2) is 5.43. The summed E-state index contributed by atoms with van der Waals surface area (Å²) in [5, 5.41) is 11.1. The fraction of sp³-hybridized carbons (Fsp3) is 0.154. The van der Waals surface area contributed by atoms with E-state index in [1.54, 1.807) is 18.2 Å². The molecule has 7 heteroatoms. The zero-order valence-electron chi connectivity index (χ0n) is 10.5. The molecule has 0 fully saturated rings. The van der Waals surface area contributed by atoms with Crippen molar-refractivity contribution in [3.8, 4) is 5.75 Å². The Morgan fingerprint density at radius 3 is 2.80 bits per heavy atom. The lowest BCUT2D eigenvalue weighted by atomic mass is 10.1. The van der Waals surface area contributed by atoms with Crippen LogP contribution in [0.25, 0.3) is 11.0 Å². The summed E-state index contributed by atoms with van der Waals surface area (Å²) in [7, 11) is 1.43. The minimum atomic E-state index is -1.20. The van der Waals surface area contributed by atoms with Gasteiger partial charge < -0.3 is 19.6 Å². The molecule has 0 saturated carbocycles. The molecule has 0 aliphatic heterocycles. The van der Waals surface area contributed by atoms with Crippen LogP contribution in [0.1, 0.15) is 10.4 Å². The highest BCUT2D eigenvalue weighted by atomic mass is 16.5. The number of methoxy groups -OCH3 is 1. The van der Waals surface area contributed by atoms with Crippen LogP contribution in [-0.2, 0) is 4.79 Å². The summed E-state index contributed by atoms with van der Waals surface area (Å²) in [4.78, 5) is 33.8. The third-order valence-corrected chi connectivity index (χ3v) is 2.59. The maximum atomic E-state index is 11.8. The molecular weight excluding hydrogens is 266 g/mol. The van der Waals surface area contributed by atoms with E-state index in [-0.39, 0.29) is 11.1 Å². The van der Waals surface area contributed by atoms with E-state index < -0.39 is 24.0 Å². The number of amides is 1. The van der Waals surface area contributed by atoms with Gasteiger partial charge in [-0.3, -0.25) is 9.59 Å². The van der Waals surface area contributed by atoms with Crippen molar-refractivity contribution in [2.75, 3.05) is 13.7 Å². The largest absolute Gasteiger partial charge is 0.493 e. The fourth-order valence-corrected chi connectivity index (χ4v) is 1.69. The lowest BCUT2D eigenvalue weighted by Crippen LogP contribution is -2.32. The summed E-state index contributed by atoms with van der Waals surface area (Å²) in [6.07, 6.45) is 0. The summed E-state index contributed by atoms with van der Waals surface area (Å²) in [6, 6.07) is 6.28. The Morgan fingerprint density at radius 2 is 2.15 bits per heavy atom. The number of rotatable bonds is 4. The van der Waals surface area contributed by atoms with Gasteiger partial charge in [0.05, 0.1) is 7.11 Å². The van der Waals surface area contributed by atoms with E-state index in [0.717, 1.165) is 0 Å². The predicted octanol–water partition coefficient (Wildman–Crippen LogP) is 0.616. The molecule has 7 nitrogen and oxygen atoms in total. The molecule has 1 amide bonds. The second-order valence-electron chi connectivity index (χ2n) is 3.90. The molecule has 2 rings (SSSR count). The van der Waals surface area contributed by atoms with Gasteiger partial charge in [0.1, 0.15) is 12.1 Å². The molecule has 0 aliphatic rings. The van der Waals surface area contributed by atoms with Crippen LogP contribution in [0.15, 0.2) is 33.5 Å². The lowest BCUT2D eigenvalue weighted by Gasteiger charge is -2.05. The highest BCUT2D eigenvalue weighted by molar-refractivity contribution is 5.98. The van der Waals surface area contributed by atoms with Crippen molar-refractivity contribution in [1.29, 1.82) is 0 Å². The van der Waals surface area contributed by atoms with Crippen LogP contribution >= 0.6 is 0 Å². The van der Waals surface area contributed by atoms with Crippen molar-refractivity contribution < 1.29 is 23.8 Å². The number of carboxylic acids is 1. The topological polar surface area (TPSA) is 106 Å². The van der Waals surface area contributed by atoms with Gasteiger partial charge >= 0.3 is 11.6 Å². The summed E-state index contributed by atoms with van der Waals surface area (Å²) < 4.78 is 10.1. The number of benzene rings is 1. The van der Waals surface area contributed by atoms with Gasteiger partial charge in [-0.15, -0.1) is 0 Å². The Kier molecular flexibility index (Phi) is 3.69. The van der Waals surface area contributed by atoms with Crippen molar-refractivity contribution in [3.63, 3.8) is 0 Å². The number of carbonyl (C=O) groups excluding carboxylic acids is 1. The number of aliphatic carboxylic acids is 1. The Morgan fingerprint density at radius 1 is 1.40 bits per heavy atom. The van der Waals surface area contributed by atoms with Crippen LogP contribution in [0.2, 0.25) is 0 Å². The molecule has 0 radical (unpaired) electrons. The molecule has 1 aromatic heterocycles. The number of para-hydroxylation sites is 1. The Labute approximate surface area is 112 Å². The molecule has 0 atom stereocenters. The standard InChI is InChI=1S/C13H11NO6/c1-19-9-4-2-3-7-5-8(13(18)20-11(7)9)12(17)14-6-10(15)16/h2-5H,6H2,1H3,(H,14,17)(H,15,16). The second-order valence-corrected chi connectivity index (χ2v) is 3.90. The maximum Gasteiger partial charge on any atom is 0.349 e. The summed E-state index contributed by atoms with van der Waals surface area (Å²) in [5.41, 5.74) is -0.883. The average molecular weight is 277 g/mol. The van der Waals surface area contributed by atoms with Crippen LogP contribution < -0.4 is 15.7 Å². The molecule has 1 aromatic carbocycles. The third-order valence-electron chi connectivity index (χ3n) is 2.59. The number of hydrogen-bond acceptors (Lipinski definition) is 5. The summed E-state index contributed by atoms with van der Waals surface area (Å²) >= 11 is 0.